The van der Waals surface area contributed by atoms with E-state index in [1.807, 2.05) is 0 Å². The molecule has 3 N–H and O–H groups in total. The van der Waals surface area contributed by atoms with Crippen LogP contribution in [0.2, 0.25) is 0 Å². The molecule has 0 spiro atoms. The second kappa shape index (κ2) is 7.44. The van der Waals surface area contributed by atoms with Crippen molar-refractivity contribution < 1.29 is 22.8 Å². The van der Waals surface area contributed by atoms with E-state index < -0.39 is 17.3 Å². The molecule has 2 aromatic rings. The fraction of sp³-hybridized carbons (Fsp3) is 0.304. The van der Waals surface area contributed by atoms with E-state index in [9.17, 15) is 22.8 Å². The smallest absolute Gasteiger partial charge is 0.349 e. The zero-order valence-corrected chi connectivity index (χ0v) is 16.9. The summed E-state index contributed by atoms with van der Waals surface area (Å²) < 4.78 is 38.7. The number of hydrogen-bond donors (Lipinski definition) is 3. The van der Waals surface area contributed by atoms with Crippen LogP contribution in [0.15, 0.2) is 54.7 Å². The molecule has 0 radical (unpaired) electrons. The van der Waals surface area contributed by atoms with Gasteiger partial charge in [-0.05, 0) is 60.6 Å². The first-order valence-electron chi connectivity index (χ1n) is 9.96. The van der Waals surface area contributed by atoms with Gasteiger partial charge in [0.15, 0.2) is 0 Å². The van der Waals surface area contributed by atoms with Crippen LogP contribution in [-0.2, 0) is 6.18 Å². The highest BCUT2D eigenvalue weighted by atomic mass is 19.4. The van der Waals surface area contributed by atoms with Gasteiger partial charge >= 0.3 is 12.2 Å². The van der Waals surface area contributed by atoms with Gasteiger partial charge in [-0.25, -0.2) is 4.79 Å². The highest BCUT2D eigenvalue weighted by Crippen LogP contribution is 2.44. The van der Waals surface area contributed by atoms with Gasteiger partial charge in [0.25, 0.3) is 5.91 Å². The van der Waals surface area contributed by atoms with Crippen LogP contribution in [0.3, 0.4) is 0 Å². The van der Waals surface area contributed by atoms with Gasteiger partial charge in [-0.2, -0.15) is 13.2 Å². The van der Waals surface area contributed by atoms with E-state index in [0.29, 0.717) is 22.4 Å². The Labute approximate surface area is 177 Å². The van der Waals surface area contributed by atoms with Crippen molar-refractivity contribution in [2.24, 2.45) is 5.92 Å². The van der Waals surface area contributed by atoms with Crippen LogP contribution in [0, 0.1) is 12.8 Å². The maximum atomic E-state index is 13.1. The van der Waals surface area contributed by atoms with Crippen LogP contribution in [0.4, 0.5) is 18.0 Å². The second-order valence-corrected chi connectivity index (χ2v) is 8.06. The Bertz CT molecular complexity index is 1060. The van der Waals surface area contributed by atoms with E-state index in [1.165, 1.54) is 12.1 Å². The minimum absolute atomic E-state index is 0.175. The van der Waals surface area contributed by atoms with E-state index >= 15 is 0 Å². The minimum Gasteiger partial charge on any atom is -0.349 e. The second-order valence-electron chi connectivity index (χ2n) is 8.06. The lowest BCUT2D eigenvalue weighted by Crippen LogP contribution is -2.53. The topological polar surface area (TPSA) is 70.2 Å². The van der Waals surface area contributed by atoms with Crippen LogP contribution >= 0.6 is 0 Å². The van der Waals surface area contributed by atoms with Crippen molar-refractivity contribution >= 4 is 11.9 Å². The van der Waals surface area contributed by atoms with Crippen molar-refractivity contribution in [1.82, 2.24) is 16.0 Å². The van der Waals surface area contributed by atoms with Crippen molar-refractivity contribution in [3.8, 4) is 11.1 Å². The van der Waals surface area contributed by atoms with E-state index in [0.717, 1.165) is 30.5 Å². The van der Waals surface area contributed by atoms with E-state index in [-0.39, 0.29) is 24.4 Å². The predicted molar refractivity (Wildman–Crippen MR) is 110 cm³/mol. The Morgan fingerprint density at radius 3 is 2.42 bits per heavy atom. The van der Waals surface area contributed by atoms with Crippen molar-refractivity contribution in [3.05, 3.63) is 71.4 Å². The third-order valence-electron chi connectivity index (χ3n) is 5.96. The molecule has 0 aromatic heterocycles. The van der Waals surface area contributed by atoms with Gasteiger partial charge in [0.2, 0.25) is 0 Å². The van der Waals surface area contributed by atoms with Gasteiger partial charge in [-0.1, -0.05) is 30.8 Å². The Morgan fingerprint density at radius 2 is 1.87 bits per heavy atom. The summed E-state index contributed by atoms with van der Waals surface area (Å²) in [6, 6.07) is 9.59. The first-order chi connectivity index (χ1) is 14.6. The van der Waals surface area contributed by atoms with Crippen LogP contribution < -0.4 is 16.0 Å². The van der Waals surface area contributed by atoms with Crippen molar-refractivity contribution in [1.29, 1.82) is 0 Å². The lowest BCUT2D eigenvalue weighted by molar-refractivity contribution is -0.137. The molecule has 1 aliphatic heterocycles. The number of halogens is 3. The summed E-state index contributed by atoms with van der Waals surface area (Å²) >= 11 is 0. The Balaban J connectivity index is 1.60. The molecule has 31 heavy (non-hydrogen) atoms. The Kier molecular flexibility index (Phi) is 5.03. The third kappa shape index (κ3) is 3.89. The Hall–Kier alpha value is -3.29. The number of nitrogens with one attached hydrogen (secondary N) is 3. The summed E-state index contributed by atoms with van der Waals surface area (Å²) in [7, 11) is 0. The molecule has 3 amide bonds. The van der Waals surface area contributed by atoms with Crippen LogP contribution in [-0.4, -0.2) is 24.0 Å². The van der Waals surface area contributed by atoms with Crippen molar-refractivity contribution in [2.45, 2.75) is 31.5 Å². The lowest BCUT2D eigenvalue weighted by atomic mass is 9.90. The SMILES string of the molecule is C=C1NC(=O)N[C@@]1(CNC(=O)c1cccc(C)c1-c1ccc(C(F)(F)F)cc1)C1CC1. The first kappa shape index (κ1) is 21.0. The maximum Gasteiger partial charge on any atom is 0.416 e. The maximum absolute atomic E-state index is 13.1. The summed E-state index contributed by atoms with van der Waals surface area (Å²) in [5, 5.41) is 8.45. The number of benzene rings is 2. The molecular formula is C23H22F3N3O2. The average Bonchev–Trinajstić information content (AvgIpc) is 3.51. The normalized spacial score (nSPS) is 20.9. The molecule has 0 bridgehead atoms. The standard InChI is InChI=1S/C23H22F3N3O2/c1-13-4-3-5-18(19(13)15-6-8-17(9-7-15)23(24,25)26)20(30)27-12-22(16-10-11-16)14(2)28-21(31)29-22/h3-9,16H,2,10-12H2,1H3,(H,27,30)(H2,28,29,31)/t22-/m1/s1. The fourth-order valence-electron chi connectivity index (χ4n) is 4.16. The molecule has 1 aliphatic carbocycles. The highest BCUT2D eigenvalue weighted by molar-refractivity contribution is 6.01. The van der Waals surface area contributed by atoms with Crippen molar-refractivity contribution in [2.75, 3.05) is 6.54 Å². The van der Waals surface area contributed by atoms with Crippen LogP contribution in [0.25, 0.3) is 11.1 Å². The number of carbonyl (C=O) groups is 2. The number of aryl methyl sites for hydroxylation is 1. The van der Waals surface area contributed by atoms with Gasteiger partial charge in [-0.15, -0.1) is 0 Å². The Morgan fingerprint density at radius 1 is 1.19 bits per heavy atom. The number of alkyl halides is 3. The summed E-state index contributed by atoms with van der Waals surface area (Å²) in [4.78, 5) is 24.9. The number of hydrogen-bond acceptors (Lipinski definition) is 2. The highest BCUT2D eigenvalue weighted by Gasteiger charge is 2.52. The molecule has 8 heteroatoms. The van der Waals surface area contributed by atoms with E-state index in [2.05, 4.69) is 22.5 Å². The molecule has 2 aromatic carbocycles. The minimum atomic E-state index is -4.43. The molecule has 1 heterocycles. The molecule has 162 valence electrons. The number of carbonyl (C=O) groups excluding carboxylic acids is 2. The summed E-state index contributed by atoms with van der Waals surface area (Å²) in [6.07, 6.45) is -2.57. The third-order valence-corrected chi connectivity index (χ3v) is 5.96. The molecule has 2 fully saturated rings. The number of urea groups is 1. The molecular weight excluding hydrogens is 407 g/mol. The largest absolute Gasteiger partial charge is 0.416 e. The molecule has 1 saturated heterocycles. The number of rotatable bonds is 5. The van der Waals surface area contributed by atoms with Gasteiger partial charge in [0.1, 0.15) is 5.54 Å². The van der Waals surface area contributed by atoms with E-state index in [4.69, 9.17) is 0 Å². The van der Waals surface area contributed by atoms with Crippen molar-refractivity contribution in [3.63, 3.8) is 0 Å². The average molecular weight is 429 g/mol. The summed E-state index contributed by atoms with van der Waals surface area (Å²) in [6.45, 7) is 5.92. The fourth-order valence-corrected chi connectivity index (χ4v) is 4.16. The zero-order chi connectivity index (χ0) is 22.4. The lowest BCUT2D eigenvalue weighted by Gasteiger charge is -2.29. The van der Waals surface area contributed by atoms with Gasteiger partial charge in [-0.3, -0.25) is 4.79 Å². The predicted octanol–water partition coefficient (Wildman–Crippen LogP) is 4.39. The first-order valence-corrected chi connectivity index (χ1v) is 9.96. The molecule has 5 nitrogen and oxygen atoms in total. The zero-order valence-electron chi connectivity index (χ0n) is 16.9. The van der Waals surface area contributed by atoms with Gasteiger partial charge in [0, 0.05) is 17.8 Å². The number of amides is 3. The van der Waals surface area contributed by atoms with Gasteiger partial charge < -0.3 is 16.0 Å². The molecule has 1 saturated carbocycles. The van der Waals surface area contributed by atoms with Crippen LogP contribution in [0.5, 0.6) is 0 Å². The summed E-state index contributed by atoms with van der Waals surface area (Å²) in [5.41, 5.74) is 1.27. The molecule has 4 rings (SSSR count). The van der Waals surface area contributed by atoms with E-state index in [1.54, 1.807) is 25.1 Å². The summed E-state index contributed by atoms with van der Waals surface area (Å²) in [5.74, 6) is -0.168. The molecule has 1 atom stereocenters. The van der Waals surface area contributed by atoms with Gasteiger partial charge in [0.05, 0.1) is 5.56 Å². The monoisotopic (exact) mass is 429 g/mol. The molecule has 0 unspecified atom stereocenters. The molecule has 2 aliphatic rings. The van der Waals surface area contributed by atoms with Crippen LogP contribution in [0.1, 0.15) is 34.3 Å². The quantitative estimate of drug-likeness (QED) is 0.660.